The Kier molecular flexibility index (Phi) is 6.60. The minimum absolute atomic E-state index is 0.217. The number of carbonyl (C=O) groups is 1. The highest BCUT2D eigenvalue weighted by molar-refractivity contribution is 5.78. The number of amides is 1. The molecular formula is C22H32N4O2. The zero-order valence-corrected chi connectivity index (χ0v) is 16.7. The minimum atomic E-state index is 0.217. The molecule has 1 aliphatic heterocycles. The number of benzene rings is 1. The molecule has 1 saturated carbocycles. The average Bonchev–Trinajstić information content (AvgIpc) is 3.11. The summed E-state index contributed by atoms with van der Waals surface area (Å²) in [7, 11) is 0. The van der Waals surface area contributed by atoms with Crippen molar-refractivity contribution in [3.8, 4) is 0 Å². The van der Waals surface area contributed by atoms with Crippen molar-refractivity contribution in [1.29, 1.82) is 0 Å². The van der Waals surface area contributed by atoms with Crippen LogP contribution >= 0.6 is 0 Å². The van der Waals surface area contributed by atoms with Crippen molar-refractivity contribution in [2.24, 2.45) is 5.92 Å². The molecule has 1 saturated heterocycles. The van der Waals surface area contributed by atoms with Gasteiger partial charge in [-0.05, 0) is 25.0 Å². The molecule has 2 heterocycles. The maximum absolute atomic E-state index is 12.4. The molecule has 28 heavy (non-hydrogen) atoms. The molecule has 1 aliphatic carbocycles. The van der Waals surface area contributed by atoms with Crippen LogP contribution in [-0.2, 0) is 22.5 Å². The zero-order valence-electron chi connectivity index (χ0n) is 16.7. The highest BCUT2D eigenvalue weighted by Gasteiger charge is 2.21. The third-order valence-electron chi connectivity index (χ3n) is 6.10. The largest absolute Gasteiger partial charge is 0.379 e. The number of carbonyl (C=O) groups excluding carboxylic acids is 1. The van der Waals surface area contributed by atoms with E-state index in [9.17, 15) is 4.79 Å². The predicted octanol–water partition coefficient (Wildman–Crippen LogP) is 2.61. The van der Waals surface area contributed by atoms with E-state index in [0.29, 0.717) is 6.54 Å². The summed E-state index contributed by atoms with van der Waals surface area (Å²) in [5.74, 6) is 1.52. The molecule has 152 valence electrons. The minimum Gasteiger partial charge on any atom is -0.379 e. The van der Waals surface area contributed by atoms with E-state index in [4.69, 9.17) is 9.72 Å². The van der Waals surface area contributed by atoms with Crippen molar-refractivity contribution in [3.63, 3.8) is 0 Å². The zero-order chi connectivity index (χ0) is 19.2. The second kappa shape index (κ2) is 9.52. The van der Waals surface area contributed by atoms with E-state index in [0.717, 1.165) is 70.0 Å². The monoisotopic (exact) mass is 384 g/mol. The van der Waals surface area contributed by atoms with Gasteiger partial charge in [0.05, 0.1) is 24.2 Å². The van der Waals surface area contributed by atoms with Gasteiger partial charge in [-0.15, -0.1) is 0 Å². The number of imidazole rings is 1. The molecule has 6 heteroatoms. The Labute approximate surface area is 167 Å². The van der Waals surface area contributed by atoms with Crippen LogP contribution in [0.15, 0.2) is 24.3 Å². The molecule has 0 radical (unpaired) electrons. The number of hydrogen-bond acceptors (Lipinski definition) is 4. The van der Waals surface area contributed by atoms with E-state index in [2.05, 4.69) is 33.0 Å². The van der Waals surface area contributed by atoms with Crippen LogP contribution in [0.25, 0.3) is 11.0 Å². The van der Waals surface area contributed by atoms with Gasteiger partial charge in [0.25, 0.3) is 0 Å². The average molecular weight is 385 g/mol. The van der Waals surface area contributed by atoms with Crippen LogP contribution in [0.2, 0.25) is 0 Å². The van der Waals surface area contributed by atoms with Gasteiger partial charge >= 0.3 is 0 Å². The first kappa shape index (κ1) is 19.4. The number of morpholine rings is 1. The van der Waals surface area contributed by atoms with Gasteiger partial charge in [-0.3, -0.25) is 9.69 Å². The van der Waals surface area contributed by atoms with Crippen LogP contribution in [0.4, 0.5) is 0 Å². The third kappa shape index (κ3) is 4.73. The number of aromatic nitrogens is 2. The van der Waals surface area contributed by atoms with Crippen molar-refractivity contribution < 1.29 is 9.53 Å². The number of fused-ring (bicyclic) bond motifs is 1. The second-order valence-corrected chi connectivity index (χ2v) is 8.00. The number of para-hydroxylation sites is 2. The molecule has 1 aromatic heterocycles. The summed E-state index contributed by atoms with van der Waals surface area (Å²) in [5.41, 5.74) is 2.22. The lowest BCUT2D eigenvalue weighted by atomic mass is 9.89. The van der Waals surface area contributed by atoms with Gasteiger partial charge in [0.15, 0.2) is 0 Å². The number of ether oxygens (including phenoxy) is 1. The van der Waals surface area contributed by atoms with Crippen molar-refractivity contribution in [2.75, 3.05) is 39.4 Å². The molecule has 6 nitrogen and oxygen atoms in total. The quantitative estimate of drug-likeness (QED) is 0.797. The lowest BCUT2D eigenvalue weighted by Crippen LogP contribution is -2.38. The summed E-state index contributed by atoms with van der Waals surface area (Å²) in [4.78, 5) is 19.7. The summed E-state index contributed by atoms with van der Waals surface area (Å²) in [6.07, 6.45) is 6.52. The third-order valence-corrected chi connectivity index (χ3v) is 6.10. The van der Waals surface area contributed by atoms with Crippen LogP contribution in [0, 0.1) is 5.92 Å². The van der Waals surface area contributed by atoms with Crippen molar-refractivity contribution in [2.45, 2.75) is 45.1 Å². The van der Waals surface area contributed by atoms with Gasteiger partial charge in [0, 0.05) is 45.1 Å². The van der Waals surface area contributed by atoms with Crippen LogP contribution in [0.5, 0.6) is 0 Å². The number of hydrogen-bond donors (Lipinski definition) is 1. The molecule has 2 aromatic rings. The molecule has 2 fully saturated rings. The molecule has 0 bridgehead atoms. The van der Waals surface area contributed by atoms with E-state index in [1.165, 1.54) is 24.8 Å². The van der Waals surface area contributed by atoms with Gasteiger partial charge in [-0.2, -0.15) is 0 Å². The number of rotatable bonds is 7. The van der Waals surface area contributed by atoms with E-state index in [-0.39, 0.29) is 11.8 Å². The predicted molar refractivity (Wildman–Crippen MR) is 110 cm³/mol. The summed E-state index contributed by atoms with van der Waals surface area (Å²) in [6, 6.07) is 8.33. The van der Waals surface area contributed by atoms with Gasteiger partial charge in [0.2, 0.25) is 5.91 Å². The standard InChI is InChI=1S/C22H32N4O2/c27-22(18-6-2-1-3-7-18)23-11-10-21-24-19-8-4-5-9-20(19)26(21)13-12-25-14-16-28-17-15-25/h4-5,8-9,18H,1-3,6-7,10-17H2,(H,23,27). The Morgan fingerprint density at radius 1 is 1.11 bits per heavy atom. The molecule has 0 atom stereocenters. The second-order valence-electron chi connectivity index (χ2n) is 8.00. The highest BCUT2D eigenvalue weighted by Crippen LogP contribution is 2.23. The van der Waals surface area contributed by atoms with Gasteiger partial charge in [-0.1, -0.05) is 31.4 Å². The number of nitrogens with zero attached hydrogens (tertiary/aromatic N) is 3. The molecular weight excluding hydrogens is 352 g/mol. The molecule has 1 amide bonds. The van der Waals surface area contributed by atoms with Crippen molar-refractivity contribution in [1.82, 2.24) is 19.8 Å². The number of nitrogens with one attached hydrogen (secondary N) is 1. The van der Waals surface area contributed by atoms with Gasteiger partial charge in [-0.25, -0.2) is 4.98 Å². The maximum Gasteiger partial charge on any atom is 0.223 e. The molecule has 0 spiro atoms. The van der Waals surface area contributed by atoms with E-state index < -0.39 is 0 Å². The SMILES string of the molecule is O=C(NCCc1nc2ccccc2n1CCN1CCOCC1)C1CCCCC1. The first-order chi connectivity index (χ1) is 13.8. The topological polar surface area (TPSA) is 59.4 Å². The van der Waals surface area contributed by atoms with E-state index in [1.54, 1.807) is 0 Å². The Morgan fingerprint density at radius 3 is 2.71 bits per heavy atom. The Balaban J connectivity index is 1.38. The highest BCUT2D eigenvalue weighted by atomic mass is 16.5. The van der Waals surface area contributed by atoms with Crippen LogP contribution in [-0.4, -0.2) is 59.8 Å². The van der Waals surface area contributed by atoms with Crippen molar-refractivity contribution >= 4 is 16.9 Å². The van der Waals surface area contributed by atoms with Crippen LogP contribution in [0.1, 0.15) is 37.9 Å². The normalized spacial score (nSPS) is 19.1. The Hall–Kier alpha value is -1.92. The van der Waals surface area contributed by atoms with Crippen LogP contribution < -0.4 is 5.32 Å². The van der Waals surface area contributed by atoms with Crippen LogP contribution in [0.3, 0.4) is 0 Å². The maximum atomic E-state index is 12.4. The van der Waals surface area contributed by atoms with Gasteiger partial charge in [0.1, 0.15) is 5.82 Å². The Bertz CT molecular complexity index is 776. The fourth-order valence-corrected chi connectivity index (χ4v) is 4.44. The molecule has 0 unspecified atom stereocenters. The summed E-state index contributed by atoms with van der Waals surface area (Å²) in [6.45, 7) is 6.24. The molecule has 4 rings (SSSR count). The fourth-order valence-electron chi connectivity index (χ4n) is 4.44. The van der Waals surface area contributed by atoms with E-state index >= 15 is 0 Å². The molecule has 2 aliphatic rings. The first-order valence-electron chi connectivity index (χ1n) is 10.8. The van der Waals surface area contributed by atoms with Gasteiger partial charge < -0.3 is 14.6 Å². The molecule has 1 N–H and O–H groups in total. The molecule has 1 aromatic carbocycles. The summed E-state index contributed by atoms with van der Waals surface area (Å²) in [5, 5.41) is 3.16. The van der Waals surface area contributed by atoms with E-state index in [1.807, 2.05) is 6.07 Å². The first-order valence-corrected chi connectivity index (χ1v) is 10.8. The lowest BCUT2D eigenvalue weighted by molar-refractivity contribution is -0.125. The lowest BCUT2D eigenvalue weighted by Gasteiger charge is -2.27. The smallest absolute Gasteiger partial charge is 0.223 e. The summed E-state index contributed by atoms with van der Waals surface area (Å²) < 4.78 is 7.79. The fraction of sp³-hybridized carbons (Fsp3) is 0.636. The Morgan fingerprint density at radius 2 is 1.89 bits per heavy atom. The van der Waals surface area contributed by atoms with Crippen molar-refractivity contribution in [3.05, 3.63) is 30.1 Å². The summed E-state index contributed by atoms with van der Waals surface area (Å²) >= 11 is 0.